The Hall–Kier alpha value is -1.17. The van der Waals surface area contributed by atoms with Crippen molar-refractivity contribution in [2.75, 3.05) is 38.5 Å². The second-order valence-electron chi connectivity index (χ2n) is 5.67. The van der Waals surface area contributed by atoms with Crippen molar-refractivity contribution in [2.24, 2.45) is 5.92 Å². The smallest absolute Gasteiger partial charge is 0.238 e. The second-order valence-corrected chi connectivity index (χ2v) is 5.67. The molecule has 2 rings (SSSR count). The fraction of sp³-hybridized carbons (Fsp3) is 0.562. The van der Waals surface area contributed by atoms with Crippen molar-refractivity contribution >= 4 is 24.0 Å². The van der Waals surface area contributed by atoms with Crippen LogP contribution in [0.4, 0.5) is 10.1 Å². The molecule has 0 saturated carbocycles. The Balaban J connectivity index is 0.00000242. The number of carbonyl (C=O) groups is 1. The molecule has 1 saturated heterocycles. The van der Waals surface area contributed by atoms with Crippen molar-refractivity contribution in [3.63, 3.8) is 0 Å². The van der Waals surface area contributed by atoms with Crippen molar-refractivity contribution in [1.82, 2.24) is 10.2 Å². The third-order valence-electron chi connectivity index (χ3n) is 4.00. The molecule has 6 heteroatoms. The van der Waals surface area contributed by atoms with Crippen molar-refractivity contribution in [3.05, 3.63) is 30.1 Å². The van der Waals surface area contributed by atoms with Gasteiger partial charge in [-0.1, -0.05) is 0 Å². The SMILES string of the molecule is CNCCC1CCN(CC(=O)Nc2ccc(F)cc2)CC1.Cl. The van der Waals surface area contributed by atoms with Crippen LogP contribution in [-0.4, -0.2) is 44.0 Å². The van der Waals surface area contributed by atoms with E-state index in [4.69, 9.17) is 0 Å². The summed E-state index contributed by atoms with van der Waals surface area (Å²) in [7, 11) is 1.98. The molecule has 22 heavy (non-hydrogen) atoms. The molecule has 2 N–H and O–H groups in total. The molecular formula is C16H25ClFN3O. The molecule has 0 atom stereocenters. The van der Waals surface area contributed by atoms with E-state index in [2.05, 4.69) is 15.5 Å². The van der Waals surface area contributed by atoms with Gasteiger partial charge in [-0.15, -0.1) is 12.4 Å². The van der Waals surface area contributed by atoms with Crippen molar-refractivity contribution < 1.29 is 9.18 Å². The number of nitrogens with one attached hydrogen (secondary N) is 2. The molecule has 0 aromatic heterocycles. The number of hydrogen-bond acceptors (Lipinski definition) is 3. The summed E-state index contributed by atoms with van der Waals surface area (Å²) in [6, 6.07) is 5.86. The molecule has 1 heterocycles. The fourth-order valence-corrected chi connectivity index (χ4v) is 2.72. The predicted molar refractivity (Wildman–Crippen MR) is 90.0 cm³/mol. The minimum atomic E-state index is -0.295. The molecule has 1 aliphatic heterocycles. The molecule has 0 unspecified atom stereocenters. The van der Waals surface area contributed by atoms with Gasteiger partial charge in [0.05, 0.1) is 6.54 Å². The van der Waals surface area contributed by atoms with E-state index in [0.29, 0.717) is 12.2 Å². The maximum Gasteiger partial charge on any atom is 0.238 e. The second kappa shape index (κ2) is 9.77. The van der Waals surface area contributed by atoms with Gasteiger partial charge in [0.15, 0.2) is 0 Å². The van der Waals surface area contributed by atoms with Crippen LogP contribution in [0.3, 0.4) is 0 Å². The number of carbonyl (C=O) groups excluding carboxylic acids is 1. The van der Waals surface area contributed by atoms with Crippen molar-refractivity contribution in [3.8, 4) is 0 Å². The maximum atomic E-state index is 12.8. The van der Waals surface area contributed by atoms with Crippen LogP contribution in [0.25, 0.3) is 0 Å². The fourth-order valence-electron chi connectivity index (χ4n) is 2.72. The highest BCUT2D eigenvalue weighted by Gasteiger charge is 2.20. The summed E-state index contributed by atoms with van der Waals surface area (Å²) in [5, 5.41) is 5.99. The molecule has 124 valence electrons. The molecule has 1 aliphatic rings. The Morgan fingerprint density at radius 2 is 1.91 bits per heavy atom. The lowest BCUT2D eigenvalue weighted by Crippen LogP contribution is -2.39. The van der Waals surface area contributed by atoms with E-state index >= 15 is 0 Å². The molecule has 4 nitrogen and oxygen atoms in total. The van der Waals surface area contributed by atoms with E-state index in [1.165, 1.54) is 18.6 Å². The average molecular weight is 330 g/mol. The standard InChI is InChI=1S/C16H24FN3O.ClH/c1-18-9-6-13-7-10-20(11-8-13)12-16(21)19-15-4-2-14(17)3-5-15;/h2-5,13,18H,6-12H2,1H3,(H,19,21);1H. The summed E-state index contributed by atoms with van der Waals surface area (Å²) >= 11 is 0. The molecule has 0 spiro atoms. The number of likely N-dealkylation sites (tertiary alicyclic amines) is 1. The number of hydrogen-bond donors (Lipinski definition) is 2. The first-order chi connectivity index (χ1) is 10.2. The van der Waals surface area contributed by atoms with E-state index in [1.807, 2.05) is 7.05 Å². The molecule has 0 bridgehead atoms. The molecule has 1 aromatic carbocycles. The predicted octanol–water partition coefficient (Wildman–Crippen LogP) is 2.51. The Bertz CT molecular complexity index is 447. The highest BCUT2D eigenvalue weighted by molar-refractivity contribution is 5.92. The van der Waals surface area contributed by atoms with Gasteiger partial charge >= 0.3 is 0 Å². The van der Waals surface area contributed by atoms with Gasteiger partial charge in [0.2, 0.25) is 5.91 Å². The van der Waals surface area contributed by atoms with Gasteiger partial charge < -0.3 is 10.6 Å². The summed E-state index contributed by atoms with van der Waals surface area (Å²) in [5.74, 6) is 0.445. The van der Waals surface area contributed by atoms with Gasteiger partial charge in [0, 0.05) is 5.69 Å². The van der Waals surface area contributed by atoms with Crippen molar-refractivity contribution in [1.29, 1.82) is 0 Å². The lowest BCUT2D eigenvalue weighted by molar-refractivity contribution is -0.117. The van der Waals surface area contributed by atoms with E-state index in [0.717, 1.165) is 38.4 Å². The number of piperidine rings is 1. The minimum absolute atomic E-state index is 0. The molecule has 0 radical (unpaired) electrons. The first-order valence-corrected chi connectivity index (χ1v) is 7.60. The van der Waals surface area contributed by atoms with Crippen LogP contribution >= 0.6 is 12.4 Å². The van der Waals surface area contributed by atoms with Crippen LogP contribution < -0.4 is 10.6 Å². The lowest BCUT2D eigenvalue weighted by Gasteiger charge is -2.31. The van der Waals surface area contributed by atoms with Gasteiger partial charge in [0.1, 0.15) is 5.82 Å². The Kier molecular flexibility index (Phi) is 8.38. The van der Waals surface area contributed by atoms with Crippen LogP contribution in [-0.2, 0) is 4.79 Å². The summed E-state index contributed by atoms with van der Waals surface area (Å²) < 4.78 is 12.8. The van der Waals surface area contributed by atoms with E-state index in [1.54, 1.807) is 12.1 Å². The highest BCUT2D eigenvalue weighted by atomic mass is 35.5. The van der Waals surface area contributed by atoms with Crippen LogP contribution in [0.15, 0.2) is 24.3 Å². The summed E-state index contributed by atoms with van der Waals surface area (Å²) in [5.41, 5.74) is 0.644. The number of amides is 1. The minimum Gasteiger partial charge on any atom is -0.325 e. The van der Waals surface area contributed by atoms with Gasteiger partial charge in [-0.05, 0) is 76.1 Å². The lowest BCUT2D eigenvalue weighted by atomic mass is 9.93. The Morgan fingerprint density at radius 3 is 2.50 bits per heavy atom. The average Bonchev–Trinajstić information content (AvgIpc) is 2.49. The number of rotatable bonds is 6. The van der Waals surface area contributed by atoms with E-state index < -0.39 is 0 Å². The first-order valence-electron chi connectivity index (χ1n) is 7.60. The number of anilines is 1. The normalized spacial score (nSPS) is 16.1. The van der Waals surface area contributed by atoms with Gasteiger partial charge in [-0.25, -0.2) is 4.39 Å². The molecule has 1 fully saturated rings. The van der Waals surface area contributed by atoms with Crippen LogP contribution in [0.5, 0.6) is 0 Å². The van der Waals surface area contributed by atoms with Crippen LogP contribution in [0.1, 0.15) is 19.3 Å². The zero-order chi connectivity index (χ0) is 15.1. The largest absolute Gasteiger partial charge is 0.325 e. The molecule has 1 aromatic rings. The van der Waals surface area contributed by atoms with Gasteiger partial charge in [0.25, 0.3) is 0 Å². The maximum absolute atomic E-state index is 12.8. The molecule has 0 aliphatic carbocycles. The monoisotopic (exact) mass is 329 g/mol. The van der Waals surface area contributed by atoms with Gasteiger partial charge in [-0.2, -0.15) is 0 Å². The number of benzene rings is 1. The van der Waals surface area contributed by atoms with E-state index in [-0.39, 0.29) is 24.1 Å². The highest BCUT2D eigenvalue weighted by Crippen LogP contribution is 2.19. The topological polar surface area (TPSA) is 44.4 Å². The molecular weight excluding hydrogens is 305 g/mol. The van der Waals surface area contributed by atoms with Gasteiger partial charge in [-0.3, -0.25) is 9.69 Å². The summed E-state index contributed by atoms with van der Waals surface area (Å²) in [6.07, 6.45) is 3.53. The quantitative estimate of drug-likeness (QED) is 0.843. The summed E-state index contributed by atoms with van der Waals surface area (Å²) in [6.45, 7) is 3.43. The Morgan fingerprint density at radius 1 is 1.27 bits per heavy atom. The zero-order valence-corrected chi connectivity index (χ0v) is 13.8. The zero-order valence-electron chi connectivity index (χ0n) is 13.0. The van der Waals surface area contributed by atoms with E-state index in [9.17, 15) is 9.18 Å². The van der Waals surface area contributed by atoms with Crippen LogP contribution in [0.2, 0.25) is 0 Å². The number of nitrogens with zero attached hydrogens (tertiary/aromatic N) is 1. The first kappa shape index (κ1) is 18.9. The third-order valence-corrected chi connectivity index (χ3v) is 4.00. The molecule has 1 amide bonds. The summed E-state index contributed by atoms with van der Waals surface area (Å²) in [4.78, 5) is 14.2. The van der Waals surface area contributed by atoms with Crippen LogP contribution in [0, 0.1) is 11.7 Å². The number of halogens is 2. The third kappa shape index (κ3) is 6.30. The Labute approximate surface area is 137 Å². The van der Waals surface area contributed by atoms with Crippen molar-refractivity contribution in [2.45, 2.75) is 19.3 Å².